The van der Waals surface area contributed by atoms with Crippen molar-refractivity contribution >= 4 is 28.4 Å². The molecule has 0 bridgehead atoms. The molecule has 1 heterocycles. The highest BCUT2D eigenvalue weighted by molar-refractivity contribution is 6.31. The summed E-state index contributed by atoms with van der Waals surface area (Å²) in [5, 5.41) is 1.11. The van der Waals surface area contributed by atoms with E-state index in [0.717, 1.165) is 0 Å². The van der Waals surface area contributed by atoms with Gasteiger partial charge in [-0.15, -0.1) is 0 Å². The quantitative estimate of drug-likeness (QED) is 0.636. The summed E-state index contributed by atoms with van der Waals surface area (Å²) in [5.41, 5.74) is 4.86. The van der Waals surface area contributed by atoms with Gasteiger partial charge in [0.05, 0.1) is 6.54 Å². The van der Waals surface area contributed by atoms with Crippen LogP contribution in [0.1, 0.15) is 10.4 Å². The average Bonchev–Trinajstić information content (AvgIpc) is 2.28. The molecule has 0 atom stereocenters. The molecule has 2 aromatic rings. The van der Waals surface area contributed by atoms with Crippen LogP contribution in [0.25, 0.3) is 11.0 Å². The molecule has 0 saturated carbocycles. The van der Waals surface area contributed by atoms with E-state index in [0.29, 0.717) is 16.0 Å². The van der Waals surface area contributed by atoms with Gasteiger partial charge >= 0.3 is 5.63 Å². The van der Waals surface area contributed by atoms with E-state index in [1.807, 2.05) is 0 Å². The van der Waals surface area contributed by atoms with E-state index in [-0.39, 0.29) is 12.1 Å². The zero-order valence-corrected chi connectivity index (χ0v) is 8.95. The minimum atomic E-state index is -0.676. The van der Waals surface area contributed by atoms with E-state index in [1.165, 1.54) is 6.07 Å². The molecule has 5 heteroatoms. The summed E-state index contributed by atoms with van der Waals surface area (Å²) in [7, 11) is 0. The summed E-state index contributed by atoms with van der Waals surface area (Å²) in [4.78, 5) is 22.8. The molecular formula is C11H8ClNO3. The first-order valence-corrected chi connectivity index (χ1v) is 4.96. The van der Waals surface area contributed by atoms with Gasteiger partial charge in [-0.2, -0.15) is 0 Å². The molecule has 2 rings (SSSR count). The Morgan fingerprint density at radius 3 is 2.81 bits per heavy atom. The Labute approximate surface area is 95.6 Å². The van der Waals surface area contributed by atoms with E-state index >= 15 is 0 Å². The number of nitrogens with two attached hydrogens (primary N) is 1. The zero-order valence-electron chi connectivity index (χ0n) is 8.20. The number of hydrogen-bond donors (Lipinski definition) is 1. The lowest BCUT2D eigenvalue weighted by molar-refractivity contribution is 0.0998. The van der Waals surface area contributed by atoms with Gasteiger partial charge in [-0.05, 0) is 24.3 Å². The second-order valence-electron chi connectivity index (χ2n) is 3.26. The van der Waals surface area contributed by atoms with Crippen LogP contribution in [0.4, 0.5) is 0 Å². The van der Waals surface area contributed by atoms with Crippen molar-refractivity contribution in [3.8, 4) is 0 Å². The Morgan fingerprint density at radius 2 is 2.12 bits per heavy atom. The molecule has 0 fully saturated rings. The number of halogens is 1. The minimum absolute atomic E-state index is 0.0442. The van der Waals surface area contributed by atoms with Crippen molar-refractivity contribution in [2.24, 2.45) is 5.73 Å². The normalized spacial score (nSPS) is 10.6. The number of benzene rings is 1. The van der Waals surface area contributed by atoms with Crippen LogP contribution in [0.15, 0.2) is 33.5 Å². The van der Waals surface area contributed by atoms with Crippen LogP contribution in [0, 0.1) is 0 Å². The Kier molecular flexibility index (Phi) is 2.77. The van der Waals surface area contributed by atoms with E-state index in [9.17, 15) is 9.59 Å². The van der Waals surface area contributed by atoms with Gasteiger partial charge in [-0.3, -0.25) is 4.79 Å². The van der Waals surface area contributed by atoms with Crippen LogP contribution in [0.5, 0.6) is 0 Å². The Bertz CT molecular complexity index is 618. The van der Waals surface area contributed by atoms with Gasteiger partial charge in [-0.25, -0.2) is 4.79 Å². The molecule has 2 N–H and O–H groups in total. The Hall–Kier alpha value is -1.65. The lowest BCUT2D eigenvalue weighted by Gasteiger charge is -2.00. The molecular weight excluding hydrogens is 230 g/mol. The highest BCUT2D eigenvalue weighted by Crippen LogP contribution is 2.18. The summed E-state index contributed by atoms with van der Waals surface area (Å²) < 4.78 is 4.98. The molecule has 16 heavy (non-hydrogen) atoms. The van der Waals surface area contributed by atoms with Crippen LogP contribution in [0.2, 0.25) is 5.02 Å². The Morgan fingerprint density at radius 1 is 1.38 bits per heavy atom. The number of Topliss-reactive ketones (excluding diaryl/α,β-unsaturated/α-hetero) is 1. The molecule has 4 nitrogen and oxygen atoms in total. The smallest absolute Gasteiger partial charge is 0.347 e. The molecule has 0 aliphatic carbocycles. The van der Waals surface area contributed by atoms with Crippen molar-refractivity contribution in [3.63, 3.8) is 0 Å². The van der Waals surface area contributed by atoms with Crippen molar-refractivity contribution in [2.45, 2.75) is 0 Å². The van der Waals surface area contributed by atoms with E-state index < -0.39 is 11.4 Å². The van der Waals surface area contributed by atoms with E-state index in [1.54, 1.807) is 18.2 Å². The third kappa shape index (κ3) is 1.85. The fourth-order valence-corrected chi connectivity index (χ4v) is 1.58. The molecule has 0 unspecified atom stereocenters. The van der Waals surface area contributed by atoms with Crippen molar-refractivity contribution < 1.29 is 9.21 Å². The van der Waals surface area contributed by atoms with Crippen molar-refractivity contribution in [1.29, 1.82) is 0 Å². The standard InChI is InChI=1S/C11H8ClNO3/c12-7-1-2-10-6(3-7)4-8(9(14)5-13)11(15)16-10/h1-4H,5,13H2. The molecule has 0 aliphatic heterocycles. The summed E-state index contributed by atoms with van der Waals surface area (Å²) in [6.07, 6.45) is 0. The van der Waals surface area contributed by atoms with Crippen molar-refractivity contribution in [3.05, 3.63) is 45.3 Å². The van der Waals surface area contributed by atoms with Crippen LogP contribution >= 0.6 is 11.6 Å². The first-order valence-electron chi connectivity index (χ1n) is 4.58. The topological polar surface area (TPSA) is 73.3 Å². The molecule has 0 amide bonds. The third-order valence-electron chi connectivity index (χ3n) is 2.18. The van der Waals surface area contributed by atoms with E-state index in [4.69, 9.17) is 21.8 Å². The van der Waals surface area contributed by atoms with E-state index in [2.05, 4.69) is 0 Å². The van der Waals surface area contributed by atoms with Gasteiger partial charge in [0, 0.05) is 10.4 Å². The summed E-state index contributed by atoms with van der Waals surface area (Å²) >= 11 is 5.79. The van der Waals surface area contributed by atoms with Gasteiger partial charge in [0.25, 0.3) is 0 Å². The molecule has 0 spiro atoms. The number of carbonyl (C=O) groups is 1. The van der Waals surface area contributed by atoms with Gasteiger partial charge in [0.2, 0.25) is 0 Å². The van der Waals surface area contributed by atoms with Gasteiger partial charge in [0.1, 0.15) is 11.1 Å². The van der Waals surface area contributed by atoms with Crippen molar-refractivity contribution in [2.75, 3.05) is 6.54 Å². The number of carbonyl (C=O) groups excluding carboxylic acids is 1. The number of hydrogen-bond acceptors (Lipinski definition) is 4. The molecule has 0 radical (unpaired) electrons. The largest absolute Gasteiger partial charge is 0.422 e. The minimum Gasteiger partial charge on any atom is -0.422 e. The fraction of sp³-hybridized carbons (Fsp3) is 0.0909. The predicted molar refractivity (Wildman–Crippen MR) is 60.9 cm³/mol. The van der Waals surface area contributed by atoms with Gasteiger partial charge in [-0.1, -0.05) is 11.6 Å². The number of ketones is 1. The molecule has 1 aromatic carbocycles. The summed E-state index contributed by atoms with van der Waals surface area (Å²) in [5.74, 6) is -0.448. The second-order valence-corrected chi connectivity index (χ2v) is 3.69. The first kappa shape index (κ1) is 10.9. The molecule has 0 aliphatic rings. The summed E-state index contributed by atoms with van der Waals surface area (Å²) in [6.45, 7) is -0.225. The monoisotopic (exact) mass is 237 g/mol. The van der Waals surface area contributed by atoms with Gasteiger partial charge in [0.15, 0.2) is 5.78 Å². The average molecular weight is 238 g/mol. The lowest BCUT2D eigenvalue weighted by Crippen LogP contribution is -2.21. The van der Waals surface area contributed by atoms with Crippen LogP contribution in [-0.2, 0) is 0 Å². The lowest BCUT2D eigenvalue weighted by atomic mass is 10.1. The van der Waals surface area contributed by atoms with Crippen molar-refractivity contribution in [1.82, 2.24) is 0 Å². The van der Waals surface area contributed by atoms with Crippen LogP contribution in [0.3, 0.4) is 0 Å². The highest BCUT2D eigenvalue weighted by atomic mass is 35.5. The molecule has 0 saturated heterocycles. The third-order valence-corrected chi connectivity index (χ3v) is 2.42. The highest BCUT2D eigenvalue weighted by Gasteiger charge is 2.11. The molecule has 1 aromatic heterocycles. The number of rotatable bonds is 2. The van der Waals surface area contributed by atoms with Gasteiger partial charge < -0.3 is 10.2 Å². The Balaban J connectivity index is 2.74. The fourth-order valence-electron chi connectivity index (χ4n) is 1.40. The SMILES string of the molecule is NCC(=O)c1cc2cc(Cl)ccc2oc1=O. The first-order chi connectivity index (χ1) is 7.61. The second kappa shape index (κ2) is 4.08. The number of fused-ring (bicyclic) bond motifs is 1. The maximum Gasteiger partial charge on any atom is 0.347 e. The van der Waals surface area contributed by atoms with Crippen LogP contribution < -0.4 is 11.4 Å². The maximum absolute atomic E-state index is 11.4. The maximum atomic E-state index is 11.4. The summed E-state index contributed by atoms with van der Waals surface area (Å²) in [6, 6.07) is 6.25. The van der Waals surface area contributed by atoms with Crippen LogP contribution in [-0.4, -0.2) is 12.3 Å². The zero-order chi connectivity index (χ0) is 11.7. The molecule has 82 valence electrons. The predicted octanol–water partition coefficient (Wildman–Crippen LogP) is 1.59.